The Morgan fingerprint density at radius 2 is 0.684 bits per heavy atom. The Hall–Kier alpha value is -3.60. The molecule has 0 aliphatic carbocycles. The van der Waals surface area contributed by atoms with Crippen LogP contribution in [0.5, 0.6) is 0 Å². The maximum atomic E-state index is 13.4. The van der Waals surface area contributed by atoms with Gasteiger partial charge < -0.3 is 10.6 Å². The van der Waals surface area contributed by atoms with Crippen LogP contribution in [0.1, 0.15) is 0 Å². The standard InChI is InChI=1S/C20H10F14N2O2/c21-15(22,17(25,26)19(29,30)31)13(37)35-11-5-1-9(2-6-11)10-3-7-12(8-4-10)36-14(38)16(23,24)18(27,28)20(32,33)34/h1-8H,(H,35,37)(H,36,38). The highest BCUT2D eigenvalue weighted by Crippen LogP contribution is 2.48. The number of halogens is 14. The molecule has 0 saturated carbocycles. The first-order chi connectivity index (χ1) is 17.0. The zero-order valence-corrected chi connectivity index (χ0v) is 17.7. The van der Waals surface area contributed by atoms with Crippen molar-refractivity contribution in [1.82, 2.24) is 0 Å². The smallest absolute Gasteiger partial charge is 0.321 e. The third-order valence-electron chi connectivity index (χ3n) is 4.69. The summed E-state index contributed by atoms with van der Waals surface area (Å²) in [6.45, 7) is 0. The van der Waals surface area contributed by atoms with E-state index < -0.39 is 59.2 Å². The van der Waals surface area contributed by atoms with Crippen molar-refractivity contribution in [1.29, 1.82) is 0 Å². The molecule has 0 aliphatic heterocycles. The first-order valence-electron chi connectivity index (χ1n) is 9.45. The summed E-state index contributed by atoms with van der Waals surface area (Å²) in [5, 5.41) is 2.36. The Morgan fingerprint density at radius 3 is 0.895 bits per heavy atom. The van der Waals surface area contributed by atoms with Gasteiger partial charge in [-0.15, -0.1) is 0 Å². The van der Waals surface area contributed by atoms with Crippen molar-refractivity contribution in [2.24, 2.45) is 0 Å². The van der Waals surface area contributed by atoms with Gasteiger partial charge in [0.05, 0.1) is 0 Å². The monoisotopic (exact) mass is 576 g/mol. The molecule has 18 heteroatoms. The van der Waals surface area contributed by atoms with Crippen molar-refractivity contribution in [3.63, 3.8) is 0 Å². The zero-order valence-electron chi connectivity index (χ0n) is 17.7. The first kappa shape index (κ1) is 30.6. The Kier molecular flexibility index (Phi) is 7.75. The van der Waals surface area contributed by atoms with E-state index in [1.165, 1.54) is 10.6 Å². The van der Waals surface area contributed by atoms with E-state index >= 15 is 0 Å². The van der Waals surface area contributed by atoms with E-state index in [4.69, 9.17) is 0 Å². The number of hydrogen-bond donors (Lipinski definition) is 2. The van der Waals surface area contributed by atoms with Crippen LogP contribution in [0, 0.1) is 0 Å². The van der Waals surface area contributed by atoms with E-state index in [-0.39, 0.29) is 11.1 Å². The molecule has 0 aromatic heterocycles. The lowest BCUT2D eigenvalue weighted by Gasteiger charge is -2.27. The molecule has 0 radical (unpaired) electrons. The molecule has 2 aromatic rings. The molecule has 0 atom stereocenters. The quantitative estimate of drug-likeness (QED) is 0.353. The predicted molar refractivity (Wildman–Crippen MR) is 101 cm³/mol. The minimum Gasteiger partial charge on any atom is -0.321 e. The number of anilines is 2. The van der Waals surface area contributed by atoms with Crippen LogP contribution in [0.25, 0.3) is 11.1 Å². The second-order valence-electron chi connectivity index (χ2n) is 7.36. The average Bonchev–Trinajstić information content (AvgIpc) is 2.78. The molecule has 0 spiro atoms. The van der Waals surface area contributed by atoms with Gasteiger partial charge in [-0.25, -0.2) is 0 Å². The van der Waals surface area contributed by atoms with Crippen LogP contribution in [0.2, 0.25) is 0 Å². The largest absolute Gasteiger partial charge is 0.460 e. The molecule has 0 bridgehead atoms. The van der Waals surface area contributed by atoms with E-state index in [0.29, 0.717) is 0 Å². The van der Waals surface area contributed by atoms with E-state index in [1.54, 1.807) is 0 Å². The van der Waals surface area contributed by atoms with E-state index in [1.807, 2.05) is 0 Å². The molecular formula is C20H10F14N2O2. The molecule has 0 aliphatic rings. The van der Waals surface area contributed by atoms with Crippen molar-refractivity contribution in [2.45, 2.75) is 36.0 Å². The first-order valence-corrected chi connectivity index (χ1v) is 9.45. The summed E-state index contributed by atoms with van der Waals surface area (Å²) in [7, 11) is 0. The maximum absolute atomic E-state index is 13.4. The van der Waals surface area contributed by atoms with Crippen molar-refractivity contribution >= 4 is 23.2 Å². The van der Waals surface area contributed by atoms with Gasteiger partial charge in [-0.3, -0.25) is 9.59 Å². The molecule has 2 N–H and O–H groups in total. The van der Waals surface area contributed by atoms with E-state index in [2.05, 4.69) is 0 Å². The van der Waals surface area contributed by atoms with Gasteiger partial charge in [0.1, 0.15) is 0 Å². The summed E-state index contributed by atoms with van der Waals surface area (Å²) < 4.78 is 178. The molecule has 2 amide bonds. The highest BCUT2D eigenvalue weighted by Gasteiger charge is 2.77. The molecule has 0 heterocycles. The molecule has 0 unspecified atom stereocenters. The SMILES string of the molecule is O=C(Nc1ccc(-c2ccc(NC(=O)C(F)(F)C(F)(F)C(F)(F)F)cc2)cc1)C(F)(F)C(F)(F)C(F)(F)F. The van der Waals surface area contributed by atoms with Crippen molar-refractivity contribution < 1.29 is 71.1 Å². The Balaban J connectivity index is 2.14. The van der Waals surface area contributed by atoms with Crippen molar-refractivity contribution in [2.75, 3.05) is 10.6 Å². The Labute approximate surface area is 201 Å². The van der Waals surface area contributed by atoms with Gasteiger partial charge in [-0.05, 0) is 35.4 Å². The van der Waals surface area contributed by atoms with Crippen LogP contribution in [-0.2, 0) is 9.59 Å². The third-order valence-corrected chi connectivity index (χ3v) is 4.69. The summed E-state index contributed by atoms with van der Waals surface area (Å²) in [6, 6.07) is 7.25. The van der Waals surface area contributed by atoms with Gasteiger partial charge in [-0.1, -0.05) is 24.3 Å². The fraction of sp³-hybridized carbons (Fsp3) is 0.300. The fourth-order valence-corrected chi connectivity index (χ4v) is 2.55. The molecule has 210 valence electrons. The summed E-state index contributed by atoms with van der Waals surface area (Å²) in [5.74, 6) is -31.7. The van der Waals surface area contributed by atoms with Gasteiger partial charge in [0, 0.05) is 11.4 Å². The lowest BCUT2D eigenvalue weighted by molar-refractivity contribution is -0.343. The number of alkyl halides is 14. The van der Waals surface area contributed by atoms with Crippen LogP contribution in [0.15, 0.2) is 48.5 Å². The fourth-order valence-electron chi connectivity index (χ4n) is 2.55. The van der Waals surface area contributed by atoms with Gasteiger partial charge in [0.15, 0.2) is 0 Å². The molecule has 0 fully saturated rings. The second-order valence-corrected chi connectivity index (χ2v) is 7.36. The lowest BCUT2D eigenvalue weighted by atomic mass is 10.0. The van der Waals surface area contributed by atoms with Crippen LogP contribution >= 0.6 is 0 Å². The van der Waals surface area contributed by atoms with Gasteiger partial charge in [0.25, 0.3) is 0 Å². The number of hydrogen-bond acceptors (Lipinski definition) is 2. The number of benzene rings is 2. The summed E-state index contributed by atoms with van der Waals surface area (Å²) >= 11 is 0. The molecule has 4 nitrogen and oxygen atoms in total. The molecule has 2 aromatic carbocycles. The van der Waals surface area contributed by atoms with E-state index in [0.717, 1.165) is 48.5 Å². The van der Waals surface area contributed by atoms with Crippen LogP contribution in [0.3, 0.4) is 0 Å². The number of amides is 2. The molecule has 2 rings (SSSR count). The average molecular weight is 576 g/mol. The lowest BCUT2D eigenvalue weighted by Crippen LogP contribution is -2.57. The highest BCUT2D eigenvalue weighted by atomic mass is 19.4. The molecule has 0 saturated heterocycles. The molecule has 38 heavy (non-hydrogen) atoms. The van der Waals surface area contributed by atoms with Crippen LogP contribution in [-0.4, -0.2) is 47.9 Å². The predicted octanol–water partition coefficient (Wildman–Crippen LogP) is 6.90. The third kappa shape index (κ3) is 5.47. The highest BCUT2D eigenvalue weighted by molar-refractivity contribution is 5.98. The summed E-state index contributed by atoms with van der Waals surface area (Å²) in [6.07, 6.45) is -13.5. The topological polar surface area (TPSA) is 58.2 Å². The normalized spacial score (nSPS) is 13.7. The molecular weight excluding hydrogens is 566 g/mol. The number of rotatable bonds is 7. The minimum absolute atomic E-state index is 0.113. The number of nitrogens with one attached hydrogen (secondary N) is 2. The van der Waals surface area contributed by atoms with E-state index in [9.17, 15) is 71.1 Å². The van der Waals surface area contributed by atoms with Gasteiger partial charge >= 0.3 is 47.9 Å². The van der Waals surface area contributed by atoms with Crippen molar-refractivity contribution in [3.05, 3.63) is 48.5 Å². The number of carbonyl (C=O) groups is 2. The van der Waals surface area contributed by atoms with Crippen LogP contribution < -0.4 is 10.6 Å². The minimum atomic E-state index is -6.74. The summed E-state index contributed by atoms with van der Waals surface area (Å²) in [5.41, 5.74) is -1.06. The zero-order chi connectivity index (χ0) is 29.5. The second kappa shape index (κ2) is 9.61. The number of carbonyl (C=O) groups excluding carboxylic acids is 2. The van der Waals surface area contributed by atoms with Crippen molar-refractivity contribution in [3.8, 4) is 11.1 Å². The van der Waals surface area contributed by atoms with Gasteiger partial charge in [-0.2, -0.15) is 61.5 Å². The summed E-state index contributed by atoms with van der Waals surface area (Å²) in [4.78, 5) is 22.7. The van der Waals surface area contributed by atoms with Crippen LogP contribution in [0.4, 0.5) is 72.8 Å². The van der Waals surface area contributed by atoms with Gasteiger partial charge in [0.2, 0.25) is 0 Å². The maximum Gasteiger partial charge on any atom is 0.460 e. The Bertz CT molecular complexity index is 1080. The Morgan fingerprint density at radius 1 is 0.447 bits per heavy atom.